The molecule has 134 valence electrons. The number of aryl methyl sites for hydroxylation is 1. The Morgan fingerprint density at radius 1 is 1.16 bits per heavy atom. The van der Waals surface area contributed by atoms with Crippen LogP contribution in [-0.4, -0.2) is 44.3 Å². The average molecular weight is 361 g/mol. The van der Waals surface area contributed by atoms with E-state index in [2.05, 4.69) is 0 Å². The normalized spacial score (nSPS) is 13.0. The summed E-state index contributed by atoms with van der Waals surface area (Å²) in [6.07, 6.45) is 0. The predicted molar refractivity (Wildman–Crippen MR) is 98.5 cm³/mol. The third kappa shape index (κ3) is 4.54. The van der Waals surface area contributed by atoms with Gasteiger partial charge in [-0.3, -0.25) is 9.35 Å². The molecule has 2 aromatic rings. The van der Waals surface area contributed by atoms with Gasteiger partial charge in [-0.25, -0.2) is 0 Å². The molecular weight excluding hydrogens is 338 g/mol. The highest BCUT2D eigenvalue weighted by Crippen LogP contribution is 2.28. The molecule has 6 heteroatoms. The number of ketones is 1. The summed E-state index contributed by atoms with van der Waals surface area (Å²) in [5, 5.41) is 0. The van der Waals surface area contributed by atoms with Crippen molar-refractivity contribution in [2.45, 2.75) is 18.7 Å². The lowest BCUT2D eigenvalue weighted by Gasteiger charge is -2.18. The van der Waals surface area contributed by atoms with Gasteiger partial charge in [0.2, 0.25) is 0 Å². The first-order valence-corrected chi connectivity index (χ1v) is 9.41. The largest absolute Gasteiger partial charge is 0.309 e. The number of hydrogen-bond donors (Lipinski definition) is 1. The highest BCUT2D eigenvalue weighted by atomic mass is 32.2. The SMILES string of the molecule is Cc1ccccc1-c1ccc(S(=O)(=O)O)c(C(=O)C(C)CN(C)C)c1. The third-order valence-electron chi connectivity index (χ3n) is 4.07. The van der Waals surface area contributed by atoms with Gasteiger partial charge in [0.05, 0.1) is 0 Å². The Hall–Kier alpha value is -2.02. The van der Waals surface area contributed by atoms with Crippen molar-refractivity contribution >= 4 is 15.9 Å². The maximum atomic E-state index is 12.8. The van der Waals surface area contributed by atoms with Crippen LogP contribution in [0.1, 0.15) is 22.8 Å². The van der Waals surface area contributed by atoms with E-state index in [1.165, 1.54) is 6.07 Å². The molecule has 1 atom stereocenters. The summed E-state index contributed by atoms with van der Waals surface area (Å²) in [6.45, 7) is 4.18. The quantitative estimate of drug-likeness (QED) is 0.631. The number of rotatable bonds is 6. The molecule has 0 aliphatic rings. The van der Waals surface area contributed by atoms with E-state index in [1.54, 1.807) is 19.1 Å². The van der Waals surface area contributed by atoms with Crippen LogP contribution in [-0.2, 0) is 10.1 Å². The van der Waals surface area contributed by atoms with Crippen LogP contribution in [0.3, 0.4) is 0 Å². The lowest BCUT2D eigenvalue weighted by atomic mass is 9.94. The van der Waals surface area contributed by atoms with Crippen LogP contribution in [0.25, 0.3) is 11.1 Å². The van der Waals surface area contributed by atoms with Crippen molar-refractivity contribution in [2.75, 3.05) is 20.6 Å². The second-order valence-electron chi connectivity index (χ2n) is 6.53. The molecule has 5 nitrogen and oxygen atoms in total. The van der Waals surface area contributed by atoms with Crippen molar-refractivity contribution in [1.29, 1.82) is 0 Å². The van der Waals surface area contributed by atoms with E-state index in [-0.39, 0.29) is 16.2 Å². The van der Waals surface area contributed by atoms with Gasteiger partial charge < -0.3 is 4.90 Å². The number of carbonyl (C=O) groups is 1. The second kappa shape index (κ2) is 7.47. The molecule has 2 aromatic carbocycles. The number of carbonyl (C=O) groups excluding carboxylic acids is 1. The Kier molecular flexibility index (Phi) is 5.77. The number of hydrogen-bond acceptors (Lipinski definition) is 4. The minimum absolute atomic E-state index is 0.0256. The fourth-order valence-corrected chi connectivity index (χ4v) is 3.59. The zero-order valence-corrected chi connectivity index (χ0v) is 15.7. The molecule has 1 unspecified atom stereocenters. The first kappa shape index (κ1) is 19.3. The topological polar surface area (TPSA) is 74.7 Å². The number of Topliss-reactive ketones (excluding diaryl/α,β-unsaturated/α-hetero) is 1. The van der Waals surface area contributed by atoms with E-state index in [0.717, 1.165) is 16.7 Å². The first-order valence-electron chi connectivity index (χ1n) is 7.97. The monoisotopic (exact) mass is 361 g/mol. The van der Waals surface area contributed by atoms with Gasteiger partial charge in [-0.2, -0.15) is 8.42 Å². The van der Waals surface area contributed by atoms with Crippen LogP contribution in [0.15, 0.2) is 47.4 Å². The molecule has 0 saturated heterocycles. The summed E-state index contributed by atoms with van der Waals surface area (Å²) in [4.78, 5) is 14.3. The highest BCUT2D eigenvalue weighted by Gasteiger charge is 2.25. The maximum Gasteiger partial charge on any atom is 0.295 e. The Bertz CT molecular complexity index is 888. The maximum absolute atomic E-state index is 12.8. The molecule has 1 N–H and O–H groups in total. The van der Waals surface area contributed by atoms with Gasteiger partial charge >= 0.3 is 0 Å². The van der Waals surface area contributed by atoms with Crippen molar-refractivity contribution in [3.05, 3.63) is 53.6 Å². The van der Waals surface area contributed by atoms with Gasteiger partial charge in [-0.05, 0) is 49.8 Å². The fraction of sp³-hybridized carbons (Fsp3) is 0.316. The first-order chi connectivity index (χ1) is 11.6. The predicted octanol–water partition coefficient (Wildman–Crippen LogP) is 3.29. The zero-order valence-electron chi connectivity index (χ0n) is 14.9. The average Bonchev–Trinajstić information content (AvgIpc) is 2.52. The Morgan fingerprint density at radius 2 is 1.80 bits per heavy atom. The van der Waals surface area contributed by atoms with Crippen LogP contribution < -0.4 is 0 Å². The van der Waals surface area contributed by atoms with E-state index in [9.17, 15) is 17.8 Å². The lowest BCUT2D eigenvalue weighted by Crippen LogP contribution is -2.26. The smallest absolute Gasteiger partial charge is 0.295 e. The summed E-state index contributed by atoms with van der Waals surface area (Å²) in [7, 11) is -0.795. The lowest BCUT2D eigenvalue weighted by molar-refractivity contribution is 0.0906. The number of nitrogens with zero attached hydrogens (tertiary/aromatic N) is 1. The van der Waals surface area contributed by atoms with Crippen LogP contribution in [0.5, 0.6) is 0 Å². The summed E-state index contributed by atoms with van der Waals surface area (Å²) < 4.78 is 32.9. The minimum atomic E-state index is -4.48. The van der Waals surface area contributed by atoms with Crippen LogP contribution >= 0.6 is 0 Å². The summed E-state index contributed by atoms with van der Waals surface area (Å²) in [5.74, 6) is -0.709. The zero-order chi connectivity index (χ0) is 18.8. The highest BCUT2D eigenvalue weighted by molar-refractivity contribution is 7.86. The molecule has 2 rings (SSSR count). The van der Waals surface area contributed by atoms with Gasteiger partial charge in [0, 0.05) is 18.0 Å². The molecular formula is C19H23NO4S. The van der Waals surface area contributed by atoms with E-state index >= 15 is 0 Å². The molecule has 0 spiro atoms. The second-order valence-corrected chi connectivity index (χ2v) is 7.92. The third-order valence-corrected chi connectivity index (χ3v) is 4.98. The molecule has 0 fully saturated rings. The molecule has 0 radical (unpaired) electrons. The summed E-state index contributed by atoms with van der Waals surface area (Å²) >= 11 is 0. The van der Waals surface area contributed by atoms with Gasteiger partial charge in [0.15, 0.2) is 5.78 Å². The standard InChI is InChI=1S/C19H23NO4S/c1-13-7-5-6-8-16(13)15-9-10-18(25(22,23)24)17(11-15)19(21)14(2)12-20(3)4/h5-11,14H,12H2,1-4H3,(H,22,23,24). The molecule has 0 heterocycles. The summed E-state index contributed by atoms with van der Waals surface area (Å²) in [5.41, 5.74) is 2.70. The van der Waals surface area contributed by atoms with Crippen LogP contribution in [0.2, 0.25) is 0 Å². The van der Waals surface area contributed by atoms with Crippen molar-refractivity contribution in [3.8, 4) is 11.1 Å². The Labute approximate surface area is 149 Å². The minimum Gasteiger partial charge on any atom is -0.309 e. The van der Waals surface area contributed by atoms with Crippen molar-refractivity contribution < 1.29 is 17.8 Å². The molecule has 0 saturated carbocycles. The van der Waals surface area contributed by atoms with Crippen LogP contribution in [0, 0.1) is 12.8 Å². The van der Waals surface area contributed by atoms with E-state index < -0.39 is 16.0 Å². The molecule has 0 aliphatic heterocycles. The summed E-state index contributed by atoms with van der Waals surface area (Å²) in [6, 6.07) is 12.1. The molecule has 0 amide bonds. The molecule has 25 heavy (non-hydrogen) atoms. The van der Waals surface area contributed by atoms with Gasteiger partial charge in [-0.1, -0.05) is 37.3 Å². The van der Waals surface area contributed by atoms with E-state index in [1.807, 2.05) is 50.2 Å². The van der Waals surface area contributed by atoms with Crippen LogP contribution in [0.4, 0.5) is 0 Å². The van der Waals surface area contributed by atoms with E-state index in [4.69, 9.17) is 0 Å². The van der Waals surface area contributed by atoms with Crippen molar-refractivity contribution in [3.63, 3.8) is 0 Å². The van der Waals surface area contributed by atoms with Gasteiger partial charge in [0.1, 0.15) is 4.90 Å². The Morgan fingerprint density at radius 3 is 2.36 bits per heavy atom. The molecule has 0 bridgehead atoms. The van der Waals surface area contributed by atoms with E-state index in [0.29, 0.717) is 6.54 Å². The molecule has 0 aliphatic carbocycles. The van der Waals surface area contributed by atoms with Crippen molar-refractivity contribution in [2.24, 2.45) is 5.92 Å². The Balaban J connectivity index is 2.60. The number of benzene rings is 2. The van der Waals surface area contributed by atoms with Gasteiger partial charge in [0.25, 0.3) is 10.1 Å². The molecule has 0 aromatic heterocycles. The van der Waals surface area contributed by atoms with Crippen molar-refractivity contribution in [1.82, 2.24) is 4.90 Å². The fourth-order valence-electron chi connectivity index (χ4n) is 2.91. The van der Waals surface area contributed by atoms with Gasteiger partial charge in [-0.15, -0.1) is 0 Å².